The number of hydrogen-bond acceptors (Lipinski definition) is 3. The molecule has 0 aliphatic heterocycles. The molecule has 8 rings (SSSR count). The average molecular weight is 540 g/mol. The number of aromatic nitrogens is 2. The van der Waals surface area contributed by atoms with Crippen LogP contribution >= 0.6 is 0 Å². The van der Waals surface area contributed by atoms with Crippen LogP contribution in [0, 0.1) is 18.3 Å². The molecule has 4 heteroatoms. The second-order valence-electron chi connectivity index (χ2n) is 11.0. The van der Waals surface area contributed by atoms with E-state index in [-0.39, 0.29) is 5.56 Å². The highest BCUT2D eigenvalue weighted by atomic mass is 16.1. The summed E-state index contributed by atoms with van der Waals surface area (Å²) in [7, 11) is 0. The molecule has 5 aromatic carbocycles. The number of fused-ring (bicyclic) bond motifs is 4. The second kappa shape index (κ2) is 9.26. The maximum Gasteiger partial charge on any atom is 0.264 e. The number of nitriles is 1. The number of allylic oxidation sites excluding steroid dienone is 4. The van der Waals surface area contributed by atoms with E-state index in [4.69, 9.17) is 4.98 Å². The monoisotopic (exact) mass is 539 g/mol. The fourth-order valence-corrected chi connectivity index (χ4v) is 6.57. The molecule has 1 aliphatic rings. The first-order chi connectivity index (χ1) is 20.6. The van der Waals surface area contributed by atoms with E-state index in [2.05, 4.69) is 79.8 Å². The minimum atomic E-state index is -0.124. The Morgan fingerprint density at radius 1 is 0.786 bits per heavy atom. The minimum Gasteiger partial charge on any atom is -0.268 e. The summed E-state index contributed by atoms with van der Waals surface area (Å²) in [6, 6.07) is 32.8. The molecule has 2 heterocycles. The molecule has 1 aliphatic carbocycles. The first-order valence-corrected chi connectivity index (χ1v) is 14.2. The normalized spacial score (nSPS) is 13.3. The van der Waals surface area contributed by atoms with Crippen molar-refractivity contribution >= 4 is 43.8 Å². The van der Waals surface area contributed by atoms with Crippen molar-refractivity contribution in [2.75, 3.05) is 0 Å². The standard InChI is InChI=1S/C38H25N3O/c1-23-10-8-9-15-28(23)29-18-19-30-35-31(17-16-26(22-39)34(29)35)38(42)41-33-21-27(24-11-4-2-5-12-24)20-32(36(33)40-37(30)41)25-13-6-3-7-14-25/h2,4-6,8-21H,3,7H2,1H3. The zero-order valence-corrected chi connectivity index (χ0v) is 23.1. The number of hydrogen-bond donors (Lipinski definition) is 0. The molecule has 0 fully saturated rings. The van der Waals surface area contributed by atoms with Crippen LogP contribution in [-0.4, -0.2) is 9.38 Å². The van der Waals surface area contributed by atoms with Crippen molar-refractivity contribution in [1.29, 1.82) is 5.26 Å². The summed E-state index contributed by atoms with van der Waals surface area (Å²) in [5, 5.41) is 13.2. The van der Waals surface area contributed by atoms with Gasteiger partial charge < -0.3 is 0 Å². The van der Waals surface area contributed by atoms with Gasteiger partial charge in [0.05, 0.1) is 22.7 Å². The zero-order valence-electron chi connectivity index (χ0n) is 23.1. The van der Waals surface area contributed by atoms with Crippen LogP contribution < -0.4 is 5.56 Å². The minimum absolute atomic E-state index is 0.124. The van der Waals surface area contributed by atoms with Crippen molar-refractivity contribution < 1.29 is 0 Å². The van der Waals surface area contributed by atoms with Gasteiger partial charge in [0.2, 0.25) is 0 Å². The Labute approximate surface area is 242 Å². The van der Waals surface area contributed by atoms with Gasteiger partial charge in [-0.05, 0) is 83.5 Å². The number of nitrogens with zero attached hydrogens (tertiary/aromatic N) is 3. The predicted molar refractivity (Wildman–Crippen MR) is 172 cm³/mol. The number of pyridine rings is 1. The Morgan fingerprint density at radius 2 is 1.60 bits per heavy atom. The third kappa shape index (κ3) is 3.47. The average Bonchev–Trinajstić information content (AvgIpc) is 3.44. The highest BCUT2D eigenvalue weighted by molar-refractivity contribution is 6.21. The van der Waals surface area contributed by atoms with Crippen LogP contribution in [0.4, 0.5) is 0 Å². The Morgan fingerprint density at radius 3 is 2.38 bits per heavy atom. The summed E-state index contributed by atoms with van der Waals surface area (Å²) in [6.45, 7) is 2.07. The van der Waals surface area contributed by atoms with Crippen LogP contribution in [0.1, 0.15) is 29.5 Å². The smallest absolute Gasteiger partial charge is 0.264 e. The fraction of sp³-hybridized carbons (Fsp3) is 0.0789. The molecule has 0 bridgehead atoms. The number of benzene rings is 5. The molecule has 0 radical (unpaired) electrons. The zero-order chi connectivity index (χ0) is 28.4. The van der Waals surface area contributed by atoms with Gasteiger partial charge in [-0.3, -0.25) is 9.20 Å². The quantitative estimate of drug-likeness (QED) is 0.225. The molecule has 198 valence electrons. The molecule has 0 amide bonds. The van der Waals surface area contributed by atoms with Crippen LogP contribution in [0.25, 0.3) is 66.1 Å². The molecule has 0 spiro atoms. The van der Waals surface area contributed by atoms with Gasteiger partial charge in [0.15, 0.2) is 0 Å². The number of imidazole rings is 1. The van der Waals surface area contributed by atoms with Gasteiger partial charge in [-0.15, -0.1) is 0 Å². The summed E-state index contributed by atoms with van der Waals surface area (Å²) in [4.78, 5) is 19.6. The van der Waals surface area contributed by atoms with Gasteiger partial charge in [0.25, 0.3) is 5.56 Å². The Bertz CT molecular complexity index is 2390. The number of aryl methyl sites for hydroxylation is 1. The summed E-state index contributed by atoms with van der Waals surface area (Å²) in [5.41, 5.74) is 10.0. The molecule has 42 heavy (non-hydrogen) atoms. The molecule has 0 unspecified atom stereocenters. The van der Waals surface area contributed by atoms with Crippen LogP contribution in [-0.2, 0) is 0 Å². The molecule has 0 saturated carbocycles. The third-order valence-electron chi connectivity index (χ3n) is 8.56. The highest BCUT2D eigenvalue weighted by Gasteiger charge is 2.22. The van der Waals surface area contributed by atoms with Crippen LogP contribution in [0.5, 0.6) is 0 Å². The lowest BCUT2D eigenvalue weighted by atomic mass is 9.89. The van der Waals surface area contributed by atoms with Gasteiger partial charge in [-0.2, -0.15) is 5.26 Å². The van der Waals surface area contributed by atoms with E-state index in [0.29, 0.717) is 16.6 Å². The maximum absolute atomic E-state index is 14.4. The molecule has 0 saturated heterocycles. The van der Waals surface area contributed by atoms with Gasteiger partial charge in [0.1, 0.15) is 5.65 Å². The van der Waals surface area contributed by atoms with Gasteiger partial charge in [0, 0.05) is 27.1 Å². The van der Waals surface area contributed by atoms with E-state index in [1.807, 2.05) is 30.3 Å². The lowest BCUT2D eigenvalue weighted by Gasteiger charge is -2.14. The predicted octanol–water partition coefficient (Wildman–Crippen LogP) is 8.84. The van der Waals surface area contributed by atoms with Gasteiger partial charge in [-0.25, -0.2) is 4.98 Å². The Kier molecular flexibility index (Phi) is 5.35. The van der Waals surface area contributed by atoms with E-state index in [0.717, 1.165) is 79.0 Å². The summed E-state index contributed by atoms with van der Waals surface area (Å²) in [6.07, 6.45) is 8.61. The Hall–Kier alpha value is -5.53. The molecule has 7 aromatic rings. The lowest BCUT2D eigenvalue weighted by molar-refractivity contribution is 1.04. The largest absolute Gasteiger partial charge is 0.268 e. The SMILES string of the molecule is Cc1ccccc1-c1ccc2c3c1c(C#N)ccc3c(=O)n1c3cc(-c4ccccc4)cc(C4=CCCC=C4)c3nc21. The molecule has 2 aromatic heterocycles. The molecule has 0 N–H and O–H groups in total. The van der Waals surface area contributed by atoms with E-state index < -0.39 is 0 Å². The highest BCUT2D eigenvalue weighted by Crippen LogP contribution is 2.40. The lowest BCUT2D eigenvalue weighted by Crippen LogP contribution is -2.13. The second-order valence-corrected chi connectivity index (χ2v) is 11.0. The maximum atomic E-state index is 14.4. The van der Waals surface area contributed by atoms with Crippen molar-refractivity contribution in [1.82, 2.24) is 9.38 Å². The van der Waals surface area contributed by atoms with Crippen molar-refractivity contribution in [3.8, 4) is 28.3 Å². The van der Waals surface area contributed by atoms with E-state index in [1.165, 1.54) is 0 Å². The van der Waals surface area contributed by atoms with Crippen molar-refractivity contribution in [2.24, 2.45) is 0 Å². The summed E-state index contributed by atoms with van der Waals surface area (Å²) < 4.78 is 1.77. The molecule has 0 atom stereocenters. The van der Waals surface area contributed by atoms with Gasteiger partial charge in [-0.1, -0.05) is 78.9 Å². The molecular weight excluding hydrogens is 514 g/mol. The summed E-state index contributed by atoms with van der Waals surface area (Å²) in [5.74, 6) is 0. The third-order valence-corrected chi connectivity index (χ3v) is 8.56. The van der Waals surface area contributed by atoms with E-state index >= 15 is 0 Å². The molecule has 4 nitrogen and oxygen atoms in total. The fourth-order valence-electron chi connectivity index (χ4n) is 6.57. The van der Waals surface area contributed by atoms with Crippen molar-refractivity contribution in [2.45, 2.75) is 19.8 Å². The number of rotatable bonds is 3. The van der Waals surface area contributed by atoms with E-state index in [9.17, 15) is 10.1 Å². The van der Waals surface area contributed by atoms with Crippen LogP contribution in [0.2, 0.25) is 0 Å². The topological polar surface area (TPSA) is 58.2 Å². The van der Waals surface area contributed by atoms with Crippen LogP contribution in [0.15, 0.2) is 114 Å². The first kappa shape index (κ1) is 24.3. The Balaban J connectivity index is 1.55. The van der Waals surface area contributed by atoms with Crippen molar-refractivity contribution in [3.63, 3.8) is 0 Å². The first-order valence-electron chi connectivity index (χ1n) is 14.2. The van der Waals surface area contributed by atoms with Crippen molar-refractivity contribution in [3.05, 3.63) is 136 Å². The van der Waals surface area contributed by atoms with E-state index in [1.54, 1.807) is 16.5 Å². The van der Waals surface area contributed by atoms with Crippen LogP contribution in [0.3, 0.4) is 0 Å². The molecular formula is C38H25N3O. The van der Waals surface area contributed by atoms with Gasteiger partial charge >= 0.3 is 0 Å². The summed E-state index contributed by atoms with van der Waals surface area (Å²) >= 11 is 0.